The number of anilines is 2. The van der Waals surface area contributed by atoms with Gasteiger partial charge in [-0.25, -0.2) is 9.97 Å². The van der Waals surface area contributed by atoms with Crippen LogP contribution in [0.3, 0.4) is 0 Å². The summed E-state index contributed by atoms with van der Waals surface area (Å²) in [6, 6.07) is 8.97. The second-order valence-electron chi connectivity index (χ2n) is 3.49. The highest BCUT2D eigenvalue weighted by Crippen LogP contribution is 2.15. The van der Waals surface area contributed by atoms with Gasteiger partial charge in [0.2, 0.25) is 0 Å². The fourth-order valence-electron chi connectivity index (χ4n) is 1.45. The van der Waals surface area contributed by atoms with Crippen molar-refractivity contribution in [2.45, 2.75) is 6.42 Å². The fourth-order valence-corrected chi connectivity index (χ4v) is 1.45. The van der Waals surface area contributed by atoms with Gasteiger partial charge in [-0.2, -0.15) is 0 Å². The van der Waals surface area contributed by atoms with Gasteiger partial charge in [-0.15, -0.1) is 0 Å². The van der Waals surface area contributed by atoms with Gasteiger partial charge in [0.25, 0.3) is 0 Å². The number of benzene rings is 1. The molecule has 5 nitrogen and oxygen atoms in total. The molecule has 0 radical (unpaired) electrons. The zero-order chi connectivity index (χ0) is 12.1. The minimum Gasteiger partial charge on any atom is -0.481 e. The highest BCUT2D eigenvalue weighted by Gasteiger charge is 2.01. The highest BCUT2D eigenvalue weighted by atomic mass is 16.4. The number of rotatable bonds is 4. The standard InChI is InChI=1S/C12H11N3O2/c16-12(17)7-9-2-1-3-10(6-9)15-11-4-5-13-8-14-11/h1-6,8H,7H2,(H,16,17)(H,13,14,15). The fraction of sp³-hybridized carbons (Fsp3) is 0.0833. The maximum Gasteiger partial charge on any atom is 0.307 e. The Kier molecular flexibility index (Phi) is 3.30. The minimum atomic E-state index is -0.843. The summed E-state index contributed by atoms with van der Waals surface area (Å²) in [5.74, 6) is -0.170. The molecule has 0 aliphatic heterocycles. The number of nitrogens with zero attached hydrogens (tertiary/aromatic N) is 2. The molecule has 0 unspecified atom stereocenters. The quantitative estimate of drug-likeness (QED) is 0.836. The van der Waals surface area contributed by atoms with Crippen LogP contribution >= 0.6 is 0 Å². The van der Waals surface area contributed by atoms with Crippen LogP contribution in [0.15, 0.2) is 42.9 Å². The smallest absolute Gasteiger partial charge is 0.307 e. The van der Waals surface area contributed by atoms with Gasteiger partial charge in [-0.05, 0) is 23.8 Å². The van der Waals surface area contributed by atoms with Crippen LogP contribution in [0.5, 0.6) is 0 Å². The van der Waals surface area contributed by atoms with Crippen LogP contribution in [-0.2, 0) is 11.2 Å². The van der Waals surface area contributed by atoms with Crippen LogP contribution in [0, 0.1) is 0 Å². The lowest BCUT2D eigenvalue weighted by molar-refractivity contribution is -0.136. The number of nitrogens with one attached hydrogen (secondary N) is 1. The van der Waals surface area contributed by atoms with Crippen molar-refractivity contribution in [3.8, 4) is 0 Å². The van der Waals surface area contributed by atoms with Crippen LogP contribution < -0.4 is 5.32 Å². The molecule has 5 heteroatoms. The van der Waals surface area contributed by atoms with E-state index in [0.29, 0.717) is 5.82 Å². The van der Waals surface area contributed by atoms with Gasteiger partial charge in [0.1, 0.15) is 12.1 Å². The average Bonchev–Trinajstić information content (AvgIpc) is 2.30. The third-order valence-corrected chi connectivity index (χ3v) is 2.14. The first-order valence-corrected chi connectivity index (χ1v) is 5.08. The molecule has 17 heavy (non-hydrogen) atoms. The molecule has 0 spiro atoms. The first kappa shape index (κ1) is 11.1. The molecule has 0 aliphatic carbocycles. The molecule has 1 heterocycles. The van der Waals surface area contributed by atoms with E-state index >= 15 is 0 Å². The molecule has 0 saturated carbocycles. The van der Waals surface area contributed by atoms with E-state index in [1.165, 1.54) is 6.33 Å². The zero-order valence-electron chi connectivity index (χ0n) is 9.00. The van der Waals surface area contributed by atoms with E-state index < -0.39 is 5.97 Å². The van der Waals surface area contributed by atoms with Crippen molar-refractivity contribution in [3.63, 3.8) is 0 Å². The number of carboxylic acids is 1. The Morgan fingerprint density at radius 3 is 2.94 bits per heavy atom. The van der Waals surface area contributed by atoms with E-state index in [1.807, 2.05) is 12.1 Å². The number of carboxylic acid groups (broad SMARTS) is 1. The third kappa shape index (κ3) is 3.27. The van der Waals surface area contributed by atoms with Crippen LogP contribution in [0.4, 0.5) is 11.5 Å². The summed E-state index contributed by atoms with van der Waals surface area (Å²) in [4.78, 5) is 18.4. The van der Waals surface area contributed by atoms with Crippen LogP contribution in [0.1, 0.15) is 5.56 Å². The summed E-state index contributed by atoms with van der Waals surface area (Å²) in [7, 11) is 0. The van der Waals surface area contributed by atoms with Crippen molar-refractivity contribution in [3.05, 3.63) is 48.4 Å². The topological polar surface area (TPSA) is 75.1 Å². The van der Waals surface area contributed by atoms with Crippen molar-refractivity contribution in [2.24, 2.45) is 0 Å². The van der Waals surface area contributed by atoms with Gasteiger partial charge < -0.3 is 10.4 Å². The van der Waals surface area contributed by atoms with Crippen LogP contribution in [0.25, 0.3) is 0 Å². The van der Waals surface area contributed by atoms with Crippen molar-refractivity contribution >= 4 is 17.5 Å². The van der Waals surface area contributed by atoms with E-state index in [1.54, 1.807) is 24.4 Å². The van der Waals surface area contributed by atoms with E-state index in [4.69, 9.17) is 5.11 Å². The number of hydrogen-bond donors (Lipinski definition) is 2. The molecule has 86 valence electrons. The Morgan fingerprint density at radius 1 is 1.35 bits per heavy atom. The predicted octanol–water partition coefficient (Wildman–Crippen LogP) is 1.85. The monoisotopic (exact) mass is 229 g/mol. The minimum absolute atomic E-state index is 0.0132. The van der Waals surface area contributed by atoms with E-state index in [0.717, 1.165) is 11.3 Å². The zero-order valence-corrected chi connectivity index (χ0v) is 9.00. The molecule has 2 N–H and O–H groups in total. The molecule has 1 aromatic carbocycles. The van der Waals surface area contributed by atoms with Crippen molar-refractivity contribution in [2.75, 3.05) is 5.32 Å². The molecule has 0 bridgehead atoms. The third-order valence-electron chi connectivity index (χ3n) is 2.14. The SMILES string of the molecule is O=C(O)Cc1cccc(Nc2ccncn2)c1. The van der Waals surface area contributed by atoms with Gasteiger partial charge in [0, 0.05) is 11.9 Å². The Hall–Kier alpha value is -2.43. The van der Waals surface area contributed by atoms with Crippen molar-refractivity contribution in [1.29, 1.82) is 0 Å². The highest BCUT2D eigenvalue weighted by molar-refractivity contribution is 5.71. The normalized spacial score (nSPS) is 9.88. The maximum atomic E-state index is 10.6. The molecule has 2 aromatic rings. The lowest BCUT2D eigenvalue weighted by Gasteiger charge is -2.06. The molecule has 0 fully saturated rings. The summed E-state index contributed by atoms with van der Waals surface area (Å²) in [5.41, 5.74) is 1.55. The summed E-state index contributed by atoms with van der Waals surface area (Å²) < 4.78 is 0. The molecule has 0 amide bonds. The maximum absolute atomic E-state index is 10.6. The number of carbonyl (C=O) groups is 1. The van der Waals surface area contributed by atoms with Gasteiger partial charge in [0.05, 0.1) is 6.42 Å². The largest absolute Gasteiger partial charge is 0.481 e. The molecule has 0 atom stereocenters. The summed E-state index contributed by atoms with van der Waals surface area (Å²) in [5, 5.41) is 11.8. The first-order chi connectivity index (χ1) is 8.24. The summed E-state index contributed by atoms with van der Waals surface area (Å²) in [6.45, 7) is 0. The lowest BCUT2D eigenvalue weighted by atomic mass is 10.1. The Morgan fingerprint density at radius 2 is 2.24 bits per heavy atom. The molecule has 0 aliphatic rings. The predicted molar refractivity (Wildman–Crippen MR) is 63.1 cm³/mol. The molecular weight excluding hydrogens is 218 g/mol. The molecule has 1 aromatic heterocycles. The van der Waals surface area contributed by atoms with E-state index in [9.17, 15) is 4.79 Å². The van der Waals surface area contributed by atoms with Crippen LogP contribution in [0.2, 0.25) is 0 Å². The van der Waals surface area contributed by atoms with Gasteiger partial charge in [0.15, 0.2) is 0 Å². The second-order valence-corrected chi connectivity index (χ2v) is 3.49. The van der Waals surface area contributed by atoms with Crippen molar-refractivity contribution < 1.29 is 9.90 Å². The number of aliphatic carboxylic acids is 1. The number of hydrogen-bond acceptors (Lipinski definition) is 4. The molecular formula is C12H11N3O2. The molecule has 2 rings (SSSR count). The Balaban J connectivity index is 2.14. The first-order valence-electron chi connectivity index (χ1n) is 5.08. The van der Waals surface area contributed by atoms with Gasteiger partial charge in [-0.1, -0.05) is 12.1 Å². The Labute approximate surface area is 98.2 Å². The van der Waals surface area contributed by atoms with Crippen molar-refractivity contribution in [1.82, 2.24) is 9.97 Å². The number of aromatic nitrogens is 2. The van der Waals surface area contributed by atoms with Gasteiger partial charge in [-0.3, -0.25) is 4.79 Å². The lowest BCUT2D eigenvalue weighted by Crippen LogP contribution is -2.00. The second kappa shape index (κ2) is 5.07. The van der Waals surface area contributed by atoms with Crippen LogP contribution in [-0.4, -0.2) is 21.0 Å². The Bertz CT molecular complexity index is 514. The summed E-state index contributed by atoms with van der Waals surface area (Å²) in [6.07, 6.45) is 3.10. The van der Waals surface area contributed by atoms with E-state index in [-0.39, 0.29) is 6.42 Å². The summed E-state index contributed by atoms with van der Waals surface area (Å²) >= 11 is 0. The van der Waals surface area contributed by atoms with E-state index in [2.05, 4.69) is 15.3 Å². The average molecular weight is 229 g/mol. The molecule has 0 saturated heterocycles. The van der Waals surface area contributed by atoms with Gasteiger partial charge >= 0.3 is 5.97 Å².